The van der Waals surface area contributed by atoms with E-state index in [2.05, 4.69) is 10.6 Å². The molecule has 1 saturated carbocycles. The van der Waals surface area contributed by atoms with Crippen molar-refractivity contribution in [2.75, 3.05) is 17.2 Å². The molecule has 0 radical (unpaired) electrons. The topological polar surface area (TPSA) is 67.2 Å². The van der Waals surface area contributed by atoms with Crippen molar-refractivity contribution in [3.05, 3.63) is 24.3 Å². The minimum absolute atomic E-state index is 0.0483. The van der Waals surface area contributed by atoms with Crippen LogP contribution in [0.3, 0.4) is 0 Å². The number of benzene rings is 1. The minimum atomic E-state index is -0.0483. The van der Waals surface area contributed by atoms with Crippen molar-refractivity contribution >= 4 is 17.3 Å². The summed E-state index contributed by atoms with van der Waals surface area (Å²) >= 11 is 0. The van der Waals surface area contributed by atoms with Crippen molar-refractivity contribution in [3.63, 3.8) is 0 Å². The Hall–Kier alpha value is -1.55. The normalized spacial score (nSPS) is 22.8. The van der Waals surface area contributed by atoms with Crippen LogP contribution in [0.25, 0.3) is 0 Å². The molecule has 2 unspecified atom stereocenters. The first kappa shape index (κ1) is 12.9. The van der Waals surface area contributed by atoms with Crippen molar-refractivity contribution in [3.8, 4) is 0 Å². The Balaban J connectivity index is 2.02. The Morgan fingerprint density at radius 3 is 2.89 bits per heavy atom. The van der Waals surface area contributed by atoms with Crippen LogP contribution in [-0.2, 0) is 4.79 Å². The molecule has 4 heteroatoms. The highest BCUT2D eigenvalue weighted by molar-refractivity contribution is 5.89. The average molecular weight is 247 g/mol. The fourth-order valence-electron chi connectivity index (χ4n) is 2.61. The standard InChI is InChI=1S/C14H21N3O/c1-10(18)16-12-5-3-6-13(8-12)17-14-7-2-4-11(14)9-15/h3,5-6,8,11,14,17H,2,4,7,9,15H2,1H3,(H,16,18). The molecular formula is C14H21N3O. The number of hydrogen-bond donors (Lipinski definition) is 3. The van der Waals surface area contributed by atoms with Gasteiger partial charge in [0.2, 0.25) is 5.91 Å². The van der Waals surface area contributed by atoms with Gasteiger partial charge in [-0.25, -0.2) is 0 Å². The van der Waals surface area contributed by atoms with E-state index < -0.39 is 0 Å². The number of nitrogens with two attached hydrogens (primary N) is 1. The van der Waals surface area contributed by atoms with E-state index in [4.69, 9.17) is 5.73 Å². The summed E-state index contributed by atoms with van der Waals surface area (Å²) in [7, 11) is 0. The molecule has 1 aromatic rings. The number of carbonyl (C=O) groups excluding carboxylic acids is 1. The van der Waals surface area contributed by atoms with E-state index in [1.807, 2.05) is 24.3 Å². The second-order valence-electron chi connectivity index (χ2n) is 4.94. The van der Waals surface area contributed by atoms with Gasteiger partial charge < -0.3 is 16.4 Å². The number of carbonyl (C=O) groups is 1. The van der Waals surface area contributed by atoms with Gasteiger partial charge in [0.05, 0.1) is 0 Å². The second-order valence-corrected chi connectivity index (χ2v) is 4.94. The monoisotopic (exact) mass is 247 g/mol. The molecule has 0 saturated heterocycles. The van der Waals surface area contributed by atoms with Gasteiger partial charge in [-0.3, -0.25) is 4.79 Å². The molecular weight excluding hydrogens is 226 g/mol. The van der Waals surface area contributed by atoms with E-state index in [1.54, 1.807) is 0 Å². The van der Waals surface area contributed by atoms with Gasteiger partial charge >= 0.3 is 0 Å². The molecule has 1 aromatic carbocycles. The van der Waals surface area contributed by atoms with Gasteiger partial charge in [0.15, 0.2) is 0 Å². The van der Waals surface area contributed by atoms with Crippen LogP contribution >= 0.6 is 0 Å². The lowest BCUT2D eigenvalue weighted by atomic mass is 10.0. The number of hydrogen-bond acceptors (Lipinski definition) is 3. The Labute approximate surface area is 108 Å². The van der Waals surface area contributed by atoms with Gasteiger partial charge in [0.1, 0.15) is 0 Å². The summed E-state index contributed by atoms with van der Waals surface area (Å²) < 4.78 is 0. The zero-order valence-electron chi connectivity index (χ0n) is 10.8. The molecule has 0 aromatic heterocycles. The van der Waals surface area contributed by atoms with Crippen LogP contribution in [0.1, 0.15) is 26.2 Å². The average Bonchev–Trinajstić information content (AvgIpc) is 2.76. The first-order valence-electron chi connectivity index (χ1n) is 6.53. The smallest absolute Gasteiger partial charge is 0.221 e. The SMILES string of the molecule is CC(=O)Nc1cccc(NC2CCCC2CN)c1. The first-order valence-corrected chi connectivity index (χ1v) is 6.53. The van der Waals surface area contributed by atoms with Crippen molar-refractivity contribution in [2.45, 2.75) is 32.2 Å². The summed E-state index contributed by atoms with van der Waals surface area (Å²) in [6, 6.07) is 8.29. The van der Waals surface area contributed by atoms with E-state index in [9.17, 15) is 4.79 Å². The molecule has 1 fully saturated rings. The van der Waals surface area contributed by atoms with Crippen molar-refractivity contribution in [2.24, 2.45) is 11.7 Å². The molecule has 0 spiro atoms. The number of amides is 1. The van der Waals surface area contributed by atoms with Crippen LogP contribution in [0.15, 0.2) is 24.3 Å². The van der Waals surface area contributed by atoms with Crippen LogP contribution in [0.5, 0.6) is 0 Å². The highest BCUT2D eigenvalue weighted by Crippen LogP contribution is 2.28. The van der Waals surface area contributed by atoms with E-state index in [-0.39, 0.29) is 5.91 Å². The lowest BCUT2D eigenvalue weighted by Crippen LogP contribution is -2.29. The predicted octanol–water partition coefficient (Wildman–Crippen LogP) is 2.18. The second kappa shape index (κ2) is 5.87. The summed E-state index contributed by atoms with van der Waals surface area (Å²) in [4.78, 5) is 11.0. The van der Waals surface area contributed by atoms with Crippen LogP contribution < -0.4 is 16.4 Å². The first-order chi connectivity index (χ1) is 8.69. The third-order valence-corrected chi connectivity index (χ3v) is 3.50. The molecule has 2 rings (SSSR count). The molecule has 2 atom stereocenters. The zero-order chi connectivity index (χ0) is 13.0. The predicted molar refractivity (Wildman–Crippen MR) is 74.6 cm³/mol. The summed E-state index contributed by atoms with van der Waals surface area (Å²) in [6.45, 7) is 2.25. The van der Waals surface area contributed by atoms with Crippen LogP contribution in [0.4, 0.5) is 11.4 Å². The van der Waals surface area contributed by atoms with Crippen molar-refractivity contribution < 1.29 is 4.79 Å². The summed E-state index contributed by atoms with van der Waals surface area (Å²) in [5.74, 6) is 0.516. The Morgan fingerprint density at radius 2 is 2.17 bits per heavy atom. The van der Waals surface area contributed by atoms with E-state index in [1.165, 1.54) is 26.2 Å². The lowest BCUT2D eigenvalue weighted by molar-refractivity contribution is -0.114. The van der Waals surface area contributed by atoms with Gasteiger partial charge in [-0.2, -0.15) is 0 Å². The third-order valence-electron chi connectivity index (χ3n) is 3.50. The maximum atomic E-state index is 11.0. The summed E-state index contributed by atoms with van der Waals surface area (Å²) in [6.07, 6.45) is 3.62. The fourth-order valence-corrected chi connectivity index (χ4v) is 2.61. The summed E-state index contributed by atoms with van der Waals surface area (Å²) in [5.41, 5.74) is 7.65. The highest BCUT2D eigenvalue weighted by Gasteiger charge is 2.25. The zero-order valence-corrected chi connectivity index (χ0v) is 10.8. The Bertz CT molecular complexity index is 419. The Morgan fingerprint density at radius 1 is 1.39 bits per heavy atom. The number of nitrogens with one attached hydrogen (secondary N) is 2. The highest BCUT2D eigenvalue weighted by atomic mass is 16.1. The molecule has 4 N–H and O–H groups in total. The number of rotatable bonds is 4. The molecule has 4 nitrogen and oxygen atoms in total. The van der Waals surface area contributed by atoms with Crippen LogP contribution in [0.2, 0.25) is 0 Å². The van der Waals surface area contributed by atoms with Crippen molar-refractivity contribution in [1.29, 1.82) is 0 Å². The molecule has 18 heavy (non-hydrogen) atoms. The van der Waals surface area contributed by atoms with Gasteiger partial charge in [-0.15, -0.1) is 0 Å². The van der Waals surface area contributed by atoms with Crippen LogP contribution in [-0.4, -0.2) is 18.5 Å². The van der Waals surface area contributed by atoms with E-state index in [0.29, 0.717) is 12.0 Å². The molecule has 0 bridgehead atoms. The summed E-state index contributed by atoms with van der Waals surface area (Å²) in [5, 5.41) is 6.32. The third kappa shape index (κ3) is 3.23. The quantitative estimate of drug-likeness (QED) is 0.764. The fraction of sp³-hybridized carbons (Fsp3) is 0.500. The lowest BCUT2D eigenvalue weighted by Gasteiger charge is -2.21. The molecule has 1 aliphatic rings. The molecule has 98 valence electrons. The molecule has 1 aliphatic carbocycles. The van der Waals surface area contributed by atoms with E-state index >= 15 is 0 Å². The van der Waals surface area contributed by atoms with Gasteiger partial charge in [-0.05, 0) is 43.5 Å². The minimum Gasteiger partial charge on any atom is -0.382 e. The van der Waals surface area contributed by atoms with Gasteiger partial charge in [-0.1, -0.05) is 12.5 Å². The molecule has 1 amide bonds. The largest absolute Gasteiger partial charge is 0.382 e. The van der Waals surface area contributed by atoms with Crippen LogP contribution in [0, 0.1) is 5.92 Å². The van der Waals surface area contributed by atoms with Gasteiger partial charge in [0.25, 0.3) is 0 Å². The van der Waals surface area contributed by atoms with Crippen molar-refractivity contribution in [1.82, 2.24) is 0 Å². The maximum absolute atomic E-state index is 11.0. The molecule has 0 heterocycles. The maximum Gasteiger partial charge on any atom is 0.221 e. The number of anilines is 2. The Kier molecular flexibility index (Phi) is 4.20. The molecule has 0 aliphatic heterocycles. The van der Waals surface area contributed by atoms with Gasteiger partial charge in [0, 0.05) is 24.3 Å². The van der Waals surface area contributed by atoms with E-state index in [0.717, 1.165) is 17.9 Å².